The number of aryl methyl sites for hydroxylation is 1. The summed E-state index contributed by atoms with van der Waals surface area (Å²) in [5.41, 5.74) is 6.34. The van der Waals surface area contributed by atoms with E-state index < -0.39 is 0 Å². The number of rotatable bonds is 6. The van der Waals surface area contributed by atoms with Gasteiger partial charge in [0, 0.05) is 11.4 Å². The lowest BCUT2D eigenvalue weighted by Crippen LogP contribution is -1.98. The summed E-state index contributed by atoms with van der Waals surface area (Å²) in [7, 11) is 0. The van der Waals surface area contributed by atoms with Crippen molar-refractivity contribution >= 4 is 34.1 Å². The molecule has 0 saturated carbocycles. The van der Waals surface area contributed by atoms with Gasteiger partial charge in [0.25, 0.3) is 0 Å². The van der Waals surface area contributed by atoms with Crippen LogP contribution in [0.2, 0.25) is 5.02 Å². The molecule has 0 spiro atoms. The molecule has 5 nitrogen and oxygen atoms in total. The second-order valence-corrected chi connectivity index (χ2v) is 8.13. The number of benzene rings is 3. The normalized spacial score (nSPS) is 11.0. The van der Waals surface area contributed by atoms with Gasteiger partial charge >= 0.3 is 0 Å². The molecule has 0 atom stereocenters. The fourth-order valence-electron chi connectivity index (χ4n) is 3.62. The summed E-state index contributed by atoms with van der Waals surface area (Å²) in [6, 6.07) is 21.9. The summed E-state index contributed by atoms with van der Waals surface area (Å²) in [6.07, 6.45) is 1.52. The van der Waals surface area contributed by atoms with Gasteiger partial charge in [0.05, 0.1) is 10.5 Å². The van der Waals surface area contributed by atoms with Crippen molar-refractivity contribution in [2.45, 2.75) is 13.5 Å². The Hall–Kier alpha value is -3.90. The molecule has 0 saturated heterocycles. The molecule has 5 rings (SSSR count). The maximum Gasteiger partial charge on any atom is 0.158 e. The minimum atomic E-state index is -0.298. The highest BCUT2D eigenvalue weighted by Gasteiger charge is 2.11. The van der Waals surface area contributed by atoms with Crippen LogP contribution in [0.4, 0.5) is 15.9 Å². The Kier molecular flexibility index (Phi) is 5.67. The third kappa shape index (κ3) is 4.66. The number of H-pyrrole nitrogens is 1. The molecule has 2 heterocycles. The zero-order chi connectivity index (χ0) is 22.8. The predicted molar refractivity (Wildman–Crippen MR) is 130 cm³/mol. The first-order valence-corrected chi connectivity index (χ1v) is 10.8. The van der Waals surface area contributed by atoms with E-state index in [2.05, 4.69) is 45.4 Å². The molecule has 3 aromatic carbocycles. The molecule has 0 unspecified atom stereocenters. The van der Waals surface area contributed by atoms with Gasteiger partial charge in [-0.2, -0.15) is 0 Å². The topological polar surface area (TPSA) is 62.8 Å². The zero-order valence-corrected chi connectivity index (χ0v) is 18.5. The lowest BCUT2D eigenvalue weighted by Gasteiger charge is -2.11. The number of aromatic nitrogens is 3. The Bertz CT molecular complexity index is 1450. The molecular weight excluding hydrogens is 439 g/mol. The average Bonchev–Trinajstić information content (AvgIpc) is 3.24. The minimum absolute atomic E-state index is 0.223. The van der Waals surface area contributed by atoms with Crippen molar-refractivity contribution < 1.29 is 9.13 Å². The van der Waals surface area contributed by atoms with E-state index in [1.165, 1.54) is 24.0 Å². The Morgan fingerprint density at radius 1 is 1.00 bits per heavy atom. The number of hydrogen-bond donors (Lipinski definition) is 2. The van der Waals surface area contributed by atoms with Crippen LogP contribution in [0, 0.1) is 12.7 Å². The van der Waals surface area contributed by atoms with Gasteiger partial charge in [-0.15, -0.1) is 0 Å². The van der Waals surface area contributed by atoms with Crippen LogP contribution in [-0.4, -0.2) is 15.0 Å². The summed E-state index contributed by atoms with van der Waals surface area (Å²) >= 11 is 6.43. The fourth-order valence-corrected chi connectivity index (χ4v) is 3.86. The van der Waals surface area contributed by atoms with Crippen LogP contribution in [0.3, 0.4) is 0 Å². The molecule has 7 heteroatoms. The molecular formula is C26H20ClFN4O. The van der Waals surface area contributed by atoms with Crippen molar-refractivity contribution in [2.75, 3.05) is 5.32 Å². The molecule has 5 aromatic rings. The Balaban J connectivity index is 1.36. The van der Waals surface area contributed by atoms with Crippen LogP contribution in [0.1, 0.15) is 11.1 Å². The number of anilines is 2. The van der Waals surface area contributed by atoms with Gasteiger partial charge in [-0.3, -0.25) is 0 Å². The molecule has 0 amide bonds. The SMILES string of the molecule is Cc1cccc(-c2cc3ncnc(Nc4ccc(OCc5cccc(F)c5)c(Cl)c4)c3[nH]2)c1. The van der Waals surface area contributed by atoms with Crippen molar-refractivity contribution in [3.8, 4) is 17.0 Å². The van der Waals surface area contributed by atoms with Crippen LogP contribution in [0.15, 0.2) is 79.1 Å². The van der Waals surface area contributed by atoms with Gasteiger partial charge in [0.2, 0.25) is 0 Å². The fraction of sp³-hybridized carbons (Fsp3) is 0.0769. The van der Waals surface area contributed by atoms with E-state index in [-0.39, 0.29) is 12.4 Å². The van der Waals surface area contributed by atoms with E-state index in [9.17, 15) is 4.39 Å². The Labute approximate surface area is 195 Å². The van der Waals surface area contributed by atoms with Crippen molar-refractivity contribution in [3.63, 3.8) is 0 Å². The molecule has 164 valence electrons. The lowest BCUT2D eigenvalue weighted by molar-refractivity contribution is 0.306. The molecule has 33 heavy (non-hydrogen) atoms. The van der Waals surface area contributed by atoms with E-state index in [1.807, 2.05) is 18.2 Å². The number of aromatic amines is 1. The van der Waals surface area contributed by atoms with Crippen LogP contribution >= 0.6 is 11.6 Å². The lowest BCUT2D eigenvalue weighted by atomic mass is 10.1. The van der Waals surface area contributed by atoms with Crippen LogP contribution in [0.5, 0.6) is 5.75 Å². The van der Waals surface area contributed by atoms with Crippen molar-refractivity contribution in [3.05, 3.63) is 101 Å². The first kappa shape index (κ1) is 21.0. The number of halogens is 2. The van der Waals surface area contributed by atoms with E-state index in [0.29, 0.717) is 16.6 Å². The average molecular weight is 459 g/mol. The van der Waals surface area contributed by atoms with Crippen LogP contribution in [0.25, 0.3) is 22.3 Å². The maximum absolute atomic E-state index is 13.4. The van der Waals surface area contributed by atoms with Crippen molar-refractivity contribution in [1.29, 1.82) is 0 Å². The van der Waals surface area contributed by atoms with Crippen molar-refractivity contribution in [2.24, 2.45) is 0 Å². The number of hydrogen-bond acceptors (Lipinski definition) is 4. The highest BCUT2D eigenvalue weighted by Crippen LogP contribution is 2.32. The highest BCUT2D eigenvalue weighted by molar-refractivity contribution is 6.32. The third-order valence-electron chi connectivity index (χ3n) is 5.22. The summed E-state index contributed by atoms with van der Waals surface area (Å²) in [6.45, 7) is 2.29. The number of ether oxygens (including phenoxy) is 1. The van der Waals surface area contributed by atoms with Crippen molar-refractivity contribution in [1.82, 2.24) is 15.0 Å². The van der Waals surface area contributed by atoms with E-state index in [0.717, 1.165) is 33.5 Å². The van der Waals surface area contributed by atoms with Crippen LogP contribution in [-0.2, 0) is 6.61 Å². The summed E-state index contributed by atoms with van der Waals surface area (Å²) < 4.78 is 19.1. The smallest absolute Gasteiger partial charge is 0.158 e. The molecule has 0 aliphatic rings. The van der Waals surface area contributed by atoms with Gasteiger partial charge in [-0.05, 0) is 60.5 Å². The zero-order valence-electron chi connectivity index (χ0n) is 17.8. The van der Waals surface area contributed by atoms with E-state index in [1.54, 1.807) is 24.3 Å². The van der Waals surface area contributed by atoms with Gasteiger partial charge in [-0.1, -0.05) is 47.5 Å². The molecule has 0 aliphatic carbocycles. The monoisotopic (exact) mass is 458 g/mol. The second kappa shape index (κ2) is 8.92. The first-order valence-electron chi connectivity index (χ1n) is 10.4. The van der Waals surface area contributed by atoms with Gasteiger partial charge in [-0.25, -0.2) is 14.4 Å². The molecule has 0 fully saturated rings. The molecule has 2 N–H and O–H groups in total. The first-order chi connectivity index (χ1) is 16.0. The summed E-state index contributed by atoms with van der Waals surface area (Å²) in [4.78, 5) is 12.2. The molecule has 0 radical (unpaired) electrons. The second-order valence-electron chi connectivity index (χ2n) is 7.72. The van der Waals surface area contributed by atoms with E-state index in [4.69, 9.17) is 16.3 Å². The van der Waals surface area contributed by atoms with Crippen LogP contribution < -0.4 is 10.1 Å². The van der Waals surface area contributed by atoms with Gasteiger partial charge < -0.3 is 15.0 Å². The van der Waals surface area contributed by atoms with E-state index >= 15 is 0 Å². The number of nitrogens with one attached hydrogen (secondary N) is 2. The predicted octanol–water partition coefficient (Wildman–Crippen LogP) is 7.05. The largest absolute Gasteiger partial charge is 0.487 e. The molecule has 0 aliphatic heterocycles. The third-order valence-corrected chi connectivity index (χ3v) is 5.52. The number of nitrogens with zero attached hydrogens (tertiary/aromatic N) is 2. The Morgan fingerprint density at radius 3 is 2.70 bits per heavy atom. The molecule has 2 aromatic heterocycles. The summed E-state index contributed by atoms with van der Waals surface area (Å²) in [5, 5.41) is 3.74. The highest BCUT2D eigenvalue weighted by atomic mass is 35.5. The standard InChI is InChI=1S/C26H20ClFN4O/c1-16-4-2-6-18(10-16)22-13-23-25(32-22)26(30-15-29-23)31-20-8-9-24(21(27)12-20)33-14-17-5-3-7-19(28)11-17/h2-13,15,32H,14H2,1H3,(H,29,30,31). The van der Waals surface area contributed by atoms with Gasteiger partial charge in [0.15, 0.2) is 5.82 Å². The summed E-state index contributed by atoms with van der Waals surface area (Å²) in [5.74, 6) is 0.858. The number of fused-ring (bicyclic) bond motifs is 1. The quantitative estimate of drug-likeness (QED) is 0.286. The maximum atomic E-state index is 13.4. The molecule has 0 bridgehead atoms. The minimum Gasteiger partial charge on any atom is -0.487 e. The van der Waals surface area contributed by atoms with Gasteiger partial charge in [0.1, 0.15) is 30.0 Å². The Morgan fingerprint density at radius 2 is 1.88 bits per heavy atom.